The Morgan fingerprint density at radius 1 is 0.527 bits per heavy atom. The van der Waals surface area contributed by atoms with Crippen LogP contribution in [-0.2, 0) is 47.9 Å². The molecule has 9 atom stereocenters. The maximum absolute atomic E-state index is 11.2. The molecule has 0 spiro atoms. The number of aliphatic hydroxyl groups is 4. The number of carboxylic acids is 8. The molecule has 1 fully saturated rings. The zero-order chi connectivity index (χ0) is 44.8. The van der Waals surface area contributed by atoms with Crippen LogP contribution in [-0.4, -0.2) is 151 Å². The zero-order valence-corrected chi connectivity index (χ0v) is 30.5. The minimum atomic E-state index is -1.77. The number of carbonyl (C=O) groups excluding carboxylic acids is 1. The number of ether oxygens (including phenoxy) is 1. The van der Waals surface area contributed by atoms with Crippen molar-refractivity contribution in [2.24, 2.45) is 17.8 Å². The van der Waals surface area contributed by atoms with Gasteiger partial charge in [-0.25, -0.2) is 0 Å². The third kappa shape index (κ3) is 37.9. The van der Waals surface area contributed by atoms with E-state index in [0.717, 1.165) is 27.7 Å². The predicted molar refractivity (Wildman–Crippen MR) is 183 cm³/mol. The second kappa shape index (κ2) is 33.0. The molecule has 1 heterocycles. The minimum Gasteiger partial charge on any atom is -0.481 e. The second-order valence-electron chi connectivity index (χ2n) is 11.1. The third-order valence-corrected chi connectivity index (χ3v) is 6.10. The van der Waals surface area contributed by atoms with E-state index in [4.69, 9.17) is 87.8 Å². The van der Waals surface area contributed by atoms with E-state index >= 15 is 0 Å². The van der Waals surface area contributed by atoms with E-state index < -0.39 is 134 Å². The number of aliphatic hydroxyl groups excluding tert-OH is 4. The number of carbonyl (C=O) groups is 9. The monoisotopic (exact) mass is 798 g/mol. The van der Waals surface area contributed by atoms with Gasteiger partial charge < -0.3 is 66.0 Å². The quantitative estimate of drug-likeness (QED) is 0.0931. The van der Waals surface area contributed by atoms with Crippen molar-refractivity contribution < 1.29 is 109 Å². The number of hydrogen-bond acceptors (Lipinski definition) is 14. The molecule has 22 heteroatoms. The van der Waals surface area contributed by atoms with E-state index in [0.29, 0.717) is 0 Å². The number of aliphatic carboxylic acids is 8. The highest BCUT2D eigenvalue weighted by Gasteiger charge is 2.48. The summed E-state index contributed by atoms with van der Waals surface area (Å²) in [6, 6.07) is 0. The van der Waals surface area contributed by atoms with Gasteiger partial charge >= 0.3 is 23.9 Å². The Kier molecular flexibility index (Phi) is 35.1. The Morgan fingerprint density at radius 2 is 0.836 bits per heavy atom. The van der Waals surface area contributed by atoms with Crippen molar-refractivity contribution in [2.75, 3.05) is 0 Å². The van der Waals surface area contributed by atoms with Crippen LogP contribution >= 0.6 is 0 Å². The number of ketones is 1. The summed E-state index contributed by atoms with van der Waals surface area (Å²) in [4.78, 5) is 91.6. The molecule has 0 amide bonds. The summed E-state index contributed by atoms with van der Waals surface area (Å²) in [5.41, 5.74) is 0. The summed E-state index contributed by atoms with van der Waals surface area (Å²) >= 11 is 0. The summed E-state index contributed by atoms with van der Waals surface area (Å²) in [6.45, 7) is 5.56. The summed E-state index contributed by atoms with van der Waals surface area (Å²) < 4.78 is 5.63. The van der Waals surface area contributed by atoms with Gasteiger partial charge in [-0.05, 0) is 18.8 Å². The van der Waals surface area contributed by atoms with Crippen molar-refractivity contribution >= 4 is 53.5 Å². The normalized spacial score (nSPS) is 19.7. The SMILES string of the molecule is C#CCC(=O)[C@@H](O)[C@H](O)[C@H](O)[C@H](C)O.C#CC[C@@H]1OC(CC(=O)O)[C@@H](CC(=O)O)[C@H](CC(=O)O)[C@H]1CC(=O)O.CC(=O)O.CC(=O)O.CC(=O)O.CC(=O)O. The van der Waals surface area contributed by atoms with Gasteiger partial charge in [-0.2, -0.15) is 0 Å². The van der Waals surface area contributed by atoms with Crippen molar-refractivity contribution in [3.63, 3.8) is 0 Å². The van der Waals surface area contributed by atoms with Crippen LogP contribution in [0.3, 0.4) is 0 Å². The van der Waals surface area contributed by atoms with E-state index in [-0.39, 0.29) is 12.8 Å². The van der Waals surface area contributed by atoms with Gasteiger partial charge in [0.1, 0.15) is 18.3 Å². The lowest BCUT2D eigenvalue weighted by Crippen LogP contribution is -2.50. The van der Waals surface area contributed by atoms with Crippen molar-refractivity contribution in [3.05, 3.63) is 0 Å². The van der Waals surface area contributed by atoms with Gasteiger partial charge in [0, 0.05) is 46.5 Å². The molecule has 0 aromatic carbocycles. The Balaban J connectivity index is -0.000000231. The lowest BCUT2D eigenvalue weighted by atomic mass is 9.68. The van der Waals surface area contributed by atoms with E-state index in [1.165, 1.54) is 6.92 Å². The number of hydrogen-bond donors (Lipinski definition) is 12. The summed E-state index contributed by atoms with van der Waals surface area (Å²) in [7, 11) is 0. The lowest BCUT2D eigenvalue weighted by molar-refractivity contribution is -0.179. The van der Waals surface area contributed by atoms with Crippen molar-refractivity contribution in [2.45, 2.75) is 110 Å². The Labute approximate surface area is 315 Å². The molecule has 1 rings (SSSR count). The number of carboxylic acid groups (broad SMARTS) is 8. The van der Waals surface area contributed by atoms with Crippen molar-refractivity contribution in [1.29, 1.82) is 0 Å². The zero-order valence-electron chi connectivity index (χ0n) is 30.5. The average molecular weight is 799 g/mol. The van der Waals surface area contributed by atoms with Gasteiger partial charge in [0.05, 0.1) is 44.0 Å². The van der Waals surface area contributed by atoms with E-state index in [2.05, 4.69) is 5.92 Å². The Bertz CT molecular complexity index is 1260. The lowest BCUT2D eigenvalue weighted by Gasteiger charge is -2.45. The van der Waals surface area contributed by atoms with Crippen LogP contribution in [0.15, 0.2) is 0 Å². The highest BCUT2D eigenvalue weighted by Crippen LogP contribution is 2.43. The Hall–Kier alpha value is -5.65. The molecule has 0 aliphatic carbocycles. The van der Waals surface area contributed by atoms with Gasteiger partial charge in [0.25, 0.3) is 23.9 Å². The molecule has 0 saturated carbocycles. The molecular weight excluding hydrogens is 748 g/mol. The van der Waals surface area contributed by atoms with Crippen LogP contribution in [0.4, 0.5) is 0 Å². The first kappa shape index (κ1) is 58.7. The molecular formula is C33H50O22. The fraction of sp³-hybridized carbons (Fsp3) is 0.606. The van der Waals surface area contributed by atoms with Crippen LogP contribution < -0.4 is 0 Å². The molecule has 0 aromatic rings. The molecule has 314 valence electrons. The highest BCUT2D eigenvalue weighted by atomic mass is 16.5. The highest BCUT2D eigenvalue weighted by molar-refractivity contribution is 5.85. The van der Waals surface area contributed by atoms with Gasteiger partial charge in [-0.1, -0.05) is 5.92 Å². The third-order valence-electron chi connectivity index (χ3n) is 6.10. The molecule has 1 aliphatic rings. The second-order valence-corrected chi connectivity index (χ2v) is 11.1. The molecule has 12 N–H and O–H groups in total. The molecule has 0 aromatic heterocycles. The maximum atomic E-state index is 11.2. The average Bonchev–Trinajstić information content (AvgIpc) is 2.98. The first-order valence-electron chi connectivity index (χ1n) is 15.4. The molecule has 1 unspecified atom stereocenters. The predicted octanol–water partition coefficient (Wildman–Crippen LogP) is -1.07. The first-order valence-corrected chi connectivity index (χ1v) is 15.4. The standard InChI is InChI=1S/C16H20O9.C9H14O5.4C2H4O2/c1-2-3-11-9(5-14(19)20)8(4-13(17)18)10(6-15(21)22)12(25-11)7-16(23)24;1-3-4-6(11)8(13)9(14)7(12)5(2)10;4*1-2(3)4/h1,8-12H,3-7H2,(H,17,18)(H,19,20)(H,21,22)(H,23,24);1,5,7-10,12-14H,4H2,2H3;4*1H3,(H,3,4)/t8-,9-,10+,11+,12?;5-,7+,8+,9+;;;;/m10..../s1. The molecule has 55 heavy (non-hydrogen) atoms. The number of terminal acetylenes is 2. The van der Waals surface area contributed by atoms with Gasteiger partial charge in [0.2, 0.25) is 0 Å². The van der Waals surface area contributed by atoms with E-state index in [1.54, 1.807) is 0 Å². The van der Waals surface area contributed by atoms with Gasteiger partial charge in [-0.3, -0.25) is 43.2 Å². The van der Waals surface area contributed by atoms with Crippen LogP contribution in [0.25, 0.3) is 0 Å². The topological polar surface area (TPSA) is 406 Å². The molecule has 1 aliphatic heterocycles. The summed E-state index contributed by atoms with van der Waals surface area (Å²) in [5.74, 6) is -7.32. The van der Waals surface area contributed by atoms with Crippen LogP contribution in [0, 0.1) is 42.4 Å². The van der Waals surface area contributed by atoms with Crippen molar-refractivity contribution in [3.8, 4) is 24.7 Å². The van der Waals surface area contributed by atoms with E-state index in [9.17, 15) is 34.2 Å². The molecule has 1 saturated heterocycles. The van der Waals surface area contributed by atoms with Crippen LogP contribution in [0.5, 0.6) is 0 Å². The summed E-state index contributed by atoms with van der Waals surface area (Å²) in [6.07, 6.45) is -0.450. The fourth-order valence-corrected chi connectivity index (χ4v) is 4.32. The largest absolute Gasteiger partial charge is 0.481 e. The first-order chi connectivity index (χ1) is 25.0. The molecule has 0 bridgehead atoms. The van der Waals surface area contributed by atoms with Crippen molar-refractivity contribution in [1.82, 2.24) is 0 Å². The van der Waals surface area contributed by atoms with Crippen LogP contribution in [0.2, 0.25) is 0 Å². The van der Waals surface area contributed by atoms with Gasteiger partial charge in [0.15, 0.2) is 5.78 Å². The minimum absolute atomic E-state index is 0.0238. The number of Topliss-reactive ketones (excluding diaryl/α,β-unsaturated/α-hetero) is 1. The van der Waals surface area contributed by atoms with Gasteiger partial charge in [-0.15, -0.1) is 18.8 Å². The van der Waals surface area contributed by atoms with E-state index in [1.807, 2.05) is 5.92 Å². The maximum Gasteiger partial charge on any atom is 0.305 e. The smallest absolute Gasteiger partial charge is 0.305 e. The molecule has 22 nitrogen and oxygen atoms in total. The summed E-state index contributed by atoms with van der Waals surface area (Å²) in [5, 5.41) is 102. The van der Waals surface area contributed by atoms with Crippen LogP contribution in [0.1, 0.15) is 73.1 Å². The Morgan fingerprint density at radius 3 is 1.11 bits per heavy atom. The molecule has 0 radical (unpaired) electrons. The number of rotatable bonds is 14. The fourth-order valence-electron chi connectivity index (χ4n) is 4.32.